The molecule has 3 saturated heterocycles. The first kappa shape index (κ1) is 19.8. The fraction of sp³-hybridized carbons (Fsp3) is 0.696. The molecule has 0 radical (unpaired) electrons. The van der Waals surface area contributed by atoms with Gasteiger partial charge >= 0.3 is 0 Å². The zero-order chi connectivity index (χ0) is 19.6. The first-order valence-electron chi connectivity index (χ1n) is 11.1. The minimum absolute atomic E-state index is 0.0745. The number of rotatable bonds is 6. The minimum Gasteiger partial charge on any atom is -0.342 e. The van der Waals surface area contributed by atoms with Crippen LogP contribution in [0.25, 0.3) is 0 Å². The van der Waals surface area contributed by atoms with Gasteiger partial charge in [-0.2, -0.15) is 0 Å². The van der Waals surface area contributed by atoms with Gasteiger partial charge in [0, 0.05) is 32.2 Å². The van der Waals surface area contributed by atoms with Gasteiger partial charge in [0.25, 0.3) is 0 Å². The van der Waals surface area contributed by atoms with E-state index in [1.807, 2.05) is 12.1 Å². The van der Waals surface area contributed by atoms with Crippen LogP contribution in [0.4, 0.5) is 4.39 Å². The van der Waals surface area contributed by atoms with Gasteiger partial charge in [0.1, 0.15) is 5.82 Å². The van der Waals surface area contributed by atoms with Crippen LogP contribution in [-0.2, 0) is 11.2 Å². The molecule has 1 unspecified atom stereocenters. The maximum atomic E-state index is 13.0. The van der Waals surface area contributed by atoms with Crippen molar-refractivity contribution in [1.82, 2.24) is 14.7 Å². The van der Waals surface area contributed by atoms with Crippen molar-refractivity contribution in [3.63, 3.8) is 0 Å². The van der Waals surface area contributed by atoms with Crippen molar-refractivity contribution in [3.05, 3.63) is 35.6 Å². The summed E-state index contributed by atoms with van der Waals surface area (Å²) in [4.78, 5) is 20.2. The van der Waals surface area contributed by atoms with Crippen molar-refractivity contribution in [2.24, 2.45) is 5.41 Å². The second-order valence-corrected chi connectivity index (χ2v) is 8.99. The first-order valence-corrected chi connectivity index (χ1v) is 11.1. The highest BCUT2D eigenvalue weighted by Crippen LogP contribution is 2.42. The molecule has 1 aromatic carbocycles. The lowest BCUT2D eigenvalue weighted by atomic mass is 9.85. The Bertz CT molecular complexity index is 671. The number of hydrogen-bond donors (Lipinski definition) is 0. The predicted molar refractivity (Wildman–Crippen MR) is 110 cm³/mol. The van der Waals surface area contributed by atoms with Gasteiger partial charge in [0.15, 0.2) is 0 Å². The Morgan fingerprint density at radius 3 is 2.46 bits per heavy atom. The quantitative estimate of drug-likeness (QED) is 0.750. The fourth-order valence-electron chi connectivity index (χ4n) is 5.42. The Morgan fingerprint density at radius 2 is 1.75 bits per heavy atom. The van der Waals surface area contributed by atoms with Crippen molar-refractivity contribution in [2.45, 2.75) is 51.5 Å². The number of piperidine rings is 1. The summed E-state index contributed by atoms with van der Waals surface area (Å²) in [6, 6.07) is 7.53. The standard InChI is InChI=1S/C23H34FN3O/c1-2-12-26-16-10-23(22(26)28)11-17-27(18-23)21-8-14-25(15-9-21)13-7-19-3-5-20(24)6-4-19/h3-6,21H,2,7-18H2,1H3. The molecular formula is C23H34FN3O. The monoisotopic (exact) mass is 387 g/mol. The summed E-state index contributed by atoms with van der Waals surface area (Å²) in [5.74, 6) is 0.264. The first-order chi connectivity index (χ1) is 13.6. The number of benzene rings is 1. The van der Waals surface area contributed by atoms with Crippen LogP contribution in [0.1, 0.15) is 44.6 Å². The number of amides is 1. The molecule has 0 bridgehead atoms. The Kier molecular flexibility index (Phi) is 6.02. The van der Waals surface area contributed by atoms with Crippen molar-refractivity contribution in [3.8, 4) is 0 Å². The molecule has 3 fully saturated rings. The lowest BCUT2D eigenvalue weighted by Gasteiger charge is -2.37. The van der Waals surface area contributed by atoms with Gasteiger partial charge in [0.2, 0.25) is 5.91 Å². The molecular weight excluding hydrogens is 353 g/mol. The Hall–Kier alpha value is -1.46. The third kappa shape index (κ3) is 4.11. The van der Waals surface area contributed by atoms with Crippen LogP contribution in [0.2, 0.25) is 0 Å². The third-order valence-electron chi connectivity index (χ3n) is 7.18. The topological polar surface area (TPSA) is 26.8 Å². The Labute approximate surface area is 168 Å². The summed E-state index contributed by atoms with van der Waals surface area (Å²) in [5.41, 5.74) is 1.14. The zero-order valence-electron chi connectivity index (χ0n) is 17.2. The third-order valence-corrected chi connectivity index (χ3v) is 7.18. The van der Waals surface area contributed by atoms with E-state index in [2.05, 4.69) is 21.6 Å². The molecule has 3 heterocycles. The molecule has 4 nitrogen and oxygen atoms in total. The van der Waals surface area contributed by atoms with E-state index in [1.54, 1.807) is 12.1 Å². The van der Waals surface area contributed by atoms with E-state index in [9.17, 15) is 9.18 Å². The maximum absolute atomic E-state index is 13.0. The van der Waals surface area contributed by atoms with E-state index < -0.39 is 0 Å². The average molecular weight is 388 g/mol. The molecule has 1 amide bonds. The van der Waals surface area contributed by atoms with Crippen LogP contribution in [0.3, 0.4) is 0 Å². The van der Waals surface area contributed by atoms with Gasteiger partial charge < -0.3 is 9.80 Å². The number of carbonyl (C=O) groups excluding carboxylic acids is 1. The highest BCUT2D eigenvalue weighted by atomic mass is 19.1. The summed E-state index contributed by atoms with van der Waals surface area (Å²) < 4.78 is 13.0. The van der Waals surface area contributed by atoms with Crippen LogP contribution in [0, 0.1) is 11.2 Å². The van der Waals surface area contributed by atoms with Gasteiger partial charge in [-0.25, -0.2) is 4.39 Å². The van der Waals surface area contributed by atoms with Gasteiger partial charge in [0.05, 0.1) is 5.41 Å². The molecule has 0 aromatic heterocycles. The lowest BCUT2D eigenvalue weighted by molar-refractivity contribution is -0.135. The van der Waals surface area contributed by atoms with Crippen molar-refractivity contribution in [1.29, 1.82) is 0 Å². The molecule has 154 valence electrons. The molecule has 1 spiro atoms. The van der Waals surface area contributed by atoms with Crippen LogP contribution < -0.4 is 0 Å². The van der Waals surface area contributed by atoms with Gasteiger partial charge in [-0.1, -0.05) is 19.1 Å². The summed E-state index contributed by atoms with van der Waals surface area (Å²) in [5, 5.41) is 0. The number of nitrogens with zero attached hydrogens (tertiary/aromatic N) is 3. The average Bonchev–Trinajstić information content (AvgIpc) is 3.28. The highest BCUT2D eigenvalue weighted by Gasteiger charge is 2.51. The van der Waals surface area contributed by atoms with Crippen LogP contribution in [-0.4, -0.2) is 72.5 Å². The largest absolute Gasteiger partial charge is 0.342 e. The molecule has 4 rings (SSSR count). The van der Waals surface area contributed by atoms with Crippen molar-refractivity contribution >= 4 is 5.91 Å². The van der Waals surface area contributed by atoms with E-state index in [-0.39, 0.29) is 11.2 Å². The number of likely N-dealkylation sites (tertiary alicyclic amines) is 3. The summed E-state index contributed by atoms with van der Waals surface area (Å²) in [7, 11) is 0. The lowest BCUT2D eigenvalue weighted by Crippen LogP contribution is -2.46. The highest BCUT2D eigenvalue weighted by molar-refractivity contribution is 5.85. The van der Waals surface area contributed by atoms with E-state index in [0.29, 0.717) is 11.9 Å². The van der Waals surface area contributed by atoms with E-state index >= 15 is 0 Å². The molecule has 1 aromatic rings. The van der Waals surface area contributed by atoms with E-state index in [0.717, 1.165) is 71.5 Å². The maximum Gasteiger partial charge on any atom is 0.230 e. The molecule has 3 aliphatic heterocycles. The second-order valence-electron chi connectivity index (χ2n) is 8.99. The molecule has 1 atom stereocenters. The second kappa shape index (κ2) is 8.50. The van der Waals surface area contributed by atoms with Crippen LogP contribution in [0.15, 0.2) is 24.3 Å². The zero-order valence-corrected chi connectivity index (χ0v) is 17.2. The fourth-order valence-corrected chi connectivity index (χ4v) is 5.42. The molecule has 28 heavy (non-hydrogen) atoms. The van der Waals surface area contributed by atoms with Gasteiger partial charge in [-0.15, -0.1) is 0 Å². The predicted octanol–water partition coefficient (Wildman–Crippen LogP) is 3.17. The number of hydrogen-bond acceptors (Lipinski definition) is 3. The summed E-state index contributed by atoms with van der Waals surface area (Å²) in [6.07, 6.45) is 6.55. The van der Waals surface area contributed by atoms with Crippen molar-refractivity contribution in [2.75, 3.05) is 45.8 Å². The van der Waals surface area contributed by atoms with E-state index in [1.165, 1.54) is 18.4 Å². The Balaban J connectivity index is 1.23. The normalized spacial score (nSPS) is 27.4. The molecule has 0 aliphatic carbocycles. The number of carbonyl (C=O) groups is 1. The van der Waals surface area contributed by atoms with Crippen LogP contribution >= 0.6 is 0 Å². The van der Waals surface area contributed by atoms with Gasteiger partial charge in [-0.05, 0) is 75.9 Å². The van der Waals surface area contributed by atoms with Crippen LogP contribution in [0.5, 0.6) is 0 Å². The summed E-state index contributed by atoms with van der Waals surface area (Å²) >= 11 is 0. The molecule has 5 heteroatoms. The Morgan fingerprint density at radius 1 is 1.04 bits per heavy atom. The molecule has 0 N–H and O–H groups in total. The minimum atomic E-state index is -0.161. The van der Waals surface area contributed by atoms with Crippen molar-refractivity contribution < 1.29 is 9.18 Å². The molecule has 0 saturated carbocycles. The van der Waals surface area contributed by atoms with Gasteiger partial charge in [-0.3, -0.25) is 9.69 Å². The SMILES string of the molecule is CCCN1CCC2(CCN(C3CCN(CCc4ccc(F)cc4)CC3)C2)C1=O. The summed E-state index contributed by atoms with van der Waals surface area (Å²) in [6.45, 7) is 9.42. The number of halogens is 1. The molecule has 3 aliphatic rings. The smallest absolute Gasteiger partial charge is 0.230 e. The van der Waals surface area contributed by atoms with E-state index in [4.69, 9.17) is 0 Å².